The Morgan fingerprint density at radius 1 is 1.36 bits per heavy atom. The SMILES string of the molecule is [B]c1cc([B])c2c(c1)CCN2c1nc(Cl)cn([C@H](CC)C2CC2)c1=O. The summed E-state index contributed by atoms with van der Waals surface area (Å²) in [6, 6.07) is 3.81. The smallest absolute Gasteiger partial charge is 0.294 e. The van der Waals surface area contributed by atoms with Crippen LogP contribution in [-0.4, -0.2) is 31.8 Å². The van der Waals surface area contributed by atoms with Gasteiger partial charge in [0.05, 0.1) is 0 Å². The quantitative estimate of drug-likeness (QED) is 0.786. The summed E-state index contributed by atoms with van der Waals surface area (Å²) < 4.78 is 1.77. The zero-order valence-electron chi connectivity index (χ0n) is 14.2. The van der Waals surface area contributed by atoms with E-state index in [0.717, 1.165) is 24.1 Å². The molecule has 0 amide bonds. The Labute approximate surface area is 155 Å². The summed E-state index contributed by atoms with van der Waals surface area (Å²) in [7, 11) is 12.1. The summed E-state index contributed by atoms with van der Waals surface area (Å²) in [5.74, 6) is 0.909. The van der Waals surface area contributed by atoms with Gasteiger partial charge in [-0.05, 0) is 37.2 Å². The van der Waals surface area contributed by atoms with Crippen LogP contribution < -0.4 is 21.4 Å². The molecule has 0 spiro atoms. The van der Waals surface area contributed by atoms with Gasteiger partial charge in [0.15, 0.2) is 0 Å². The molecular weight excluding hydrogens is 331 g/mol. The first-order valence-corrected chi connectivity index (χ1v) is 9.11. The second-order valence-corrected chi connectivity index (χ2v) is 7.32. The molecule has 0 N–H and O–H groups in total. The number of fused-ring (bicyclic) bond motifs is 1. The molecule has 1 aliphatic carbocycles. The second kappa shape index (κ2) is 6.24. The van der Waals surface area contributed by atoms with Crippen LogP contribution in [0, 0.1) is 5.92 Å². The highest BCUT2D eigenvalue weighted by Crippen LogP contribution is 2.41. The van der Waals surface area contributed by atoms with E-state index in [1.807, 2.05) is 11.0 Å². The molecule has 2 aliphatic rings. The van der Waals surface area contributed by atoms with Crippen molar-refractivity contribution in [3.63, 3.8) is 0 Å². The molecule has 1 atom stereocenters. The summed E-state index contributed by atoms with van der Waals surface area (Å²) >= 11 is 6.27. The topological polar surface area (TPSA) is 38.1 Å². The molecule has 4 rings (SSSR count). The van der Waals surface area contributed by atoms with Gasteiger partial charge in [-0.15, -0.1) is 0 Å². The van der Waals surface area contributed by atoms with Gasteiger partial charge in [-0.25, -0.2) is 4.98 Å². The molecule has 7 heteroatoms. The molecule has 0 bridgehead atoms. The maximum Gasteiger partial charge on any atom is 0.294 e. The van der Waals surface area contributed by atoms with E-state index in [9.17, 15) is 4.79 Å². The number of hydrogen-bond acceptors (Lipinski definition) is 3. The van der Waals surface area contributed by atoms with Crippen LogP contribution in [0.15, 0.2) is 23.1 Å². The lowest BCUT2D eigenvalue weighted by Crippen LogP contribution is -2.34. The molecule has 1 saturated carbocycles. The fourth-order valence-corrected chi connectivity index (χ4v) is 4.13. The number of anilines is 2. The van der Waals surface area contributed by atoms with Gasteiger partial charge in [-0.3, -0.25) is 4.79 Å². The van der Waals surface area contributed by atoms with Gasteiger partial charge in [-0.2, -0.15) is 0 Å². The van der Waals surface area contributed by atoms with Crippen LogP contribution in [0.5, 0.6) is 0 Å². The molecule has 2 aromatic rings. The van der Waals surface area contributed by atoms with E-state index in [2.05, 4.69) is 11.9 Å². The Morgan fingerprint density at radius 2 is 2.12 bits per heavy atom. The van der Waals surface area contributed by atoms with Crippen molar-refractivity contribution in [1.82, 2.24) is 9.55 Å². The Bertz CT molecular complexity index is 895. The minimum Gasteiger partial charge on any atom is -0.322 e. The molecule has 1 aromatic carbocycles. The summed E-state index contributed by atoms with van der Waals surface area (Å²) in [6.45, 7) is 2.75. The molecule has 1 aromatic heterocycles. The Hall–Kier alpha value is -1.68. The minimum absolute atomic E-state index is 0.104. The average Bonchev–Trinajstić information content (AvgIpc) is 3.30. The van der Waals surface area contributed by atoms with Gasteiger partial charge >= 0.3 is 0 Å². The molecule has 1 aliphatic heterocycles. The van der Waals surface area contributed by atoms with Gasteiger partial charge in [-0.1, -0.05) is 41.6 Å². The number of hydrogen-bond donors (Lipinski definition) is 0. The van der Waals surface area contributed by atoms with Gasteiger partial charge in [0.25, 0.3) is 5.56 Å². The van der Waals surface area contributed by atoms with Crippen molar-refractivity contribution in [2.75, 3.05) is 11.4 Å². The second-order valence-electron chi connectivity index (χ2n) is 6.93. The van der Waals surface area contributed by atoms with Crippen molar-refractivity contribution in [2.45, 2.75) is 38.6 Å². The van der Waals surface area contributed by atoms with Gasteiger partial charge in [0.2, 0.25) is 5.82 Å². The van der Waals surface area contributed by atoms with Gasteiger partial charge in [0, 0.05) is 24.5 Å². The number of benzene rings is 1. The molecule has 4 radical (unpaired) electrons. The Morgan fingerprint density at radius 3 is 2.80 bits per heavy atom. The van der Waals surface area contributed by atoms with Gasteiger partial charge in [0.1, 0.15) is 20.8 Å². The van der Waals surface area contributed by atoms with Crippen LogP contribution in [0.25, 0.3) is 0 Å². The summed E-state index contributed by atoms with van der Waals surface area (Å²) in [6.07, 6.45) is 5.68. The number of halogens is 1. The van der Waals surface area contributed by atoms with Crippen molar-refractivity contribution in [2.24, 2.45) is 5.92 Å². The number of nitrogens with zero attached hydrogens (tertiary/aromatic N) is 3. The van der Waals surface area contributed by atoms with Crippen LogP contribution in [-0.2, 0) is 6.42 Å². The first-order valence-electron chi connectivity index (χ1n) is 8.73. The van der Waals surface area contributed by atoms with Crippen molar-refractivity contribution < 1.29 is 0 Å². The highest BCUT2D eigenvalue weighted by Gasteiger charge is 2.33. The molecule has 0 saturated heterocycles. The lowest BCUT2D eigenvalue weighted by atomic mass is 9.84. The molecule has 1 fully saturated rings. The first kappa shape index (κ1) is 16.8. The van der Waals surface area contributed by atoms with Crippen LogP contribution in [0.1, 0.15) is 37.8 Å². The third-order valence-electron chi connectivity index (χ3n) is 5.20. The fourth-order valence-electron chi connectivity index (χ4n) is 3.95. The minimum atomic E-state index is -0.104. The van der Waals surface area contributed by atoms with E-state index in [4.69, 9.17) is 27.3 Å². The van der Waals surface area contributed by atoms with Gasteiger partial charge < -0.3 is 9.47 Å². The van der Waals surface area contributed by atoms with Crippen LogP contribution in [0.2, 0.25) is 5.15 Å². The van der Waals surface area contributed by atoms with E-state index in [-0.39, 0.29) is 11.6 Å². The Kier molecular flexibility index (Phi) is 4.19. The zero-order chi connectivity index (χ0) is 17.7. The molecule has 124 valence electrons. The van der Waals surface area contributed by atoms with Crippen LogP contribution >= 0.6 is 11.6 Å². The molecular formula is C18H18B2ClN3O. The highest BCUT2D eigenvalue weighted by atomic mass is 35.5. The lowest BCUT2D eigenvalue weighted by molar-refractivity contribution is 0.419. The predicted molar refractivity (Wildman–Crippen MR) is 103 cm³/mol. The van der Waals surface area contributed by atoms with E-state index >= 15 is 0 Å². The van der Waals surface area contributed by atoms with Crippen LogP contribution in [0.3, 0.4) is 0 Å². The molecule has 4 nitrogen and oxygen atoms in total. The largest absolute Gasteiger partial charge is 0.322 e. The van der Waals surface area contributed by atoms with E-state index in [1.54, 1.807) is 16.8 Å². The highest BCUT2D eigenvalue weighted by molar-refractivity contribution is 6.40. The first-order chi connectivity index (χ1) is 12.0. The van der Waals surface area contributed by atoms with Crippen molar-refractivity contribution in [1.29, 1.82) is 0 Å². The van der Waals surface area contributed by atoms with E-state index in [0.29, 0.717) is 34.4 Å². The zero-order valence-corrected chi connectivity index (χ0v) is 15.0. The summed E-state index contributed by atoms with van der Waals surface area (Å²) in [5, 5.41) is 0.330. The fraction of sp³-hybridized carbons (Fsp3) is 0.444. The normalized spacial score (nSPS) is 17.6. The van der Waals surface area contributed by atoms with E-state index < -0.39 is 0 Å². The standard InChI is InChI=1S/C18H18B2ClN3O/c1-2-14(10-3-4-10)24-9-15(21)22-17(18(24)25)23-6-5-11-7-12(19)8-13(20)16(11)23/h7-10,14H,2-6H2,1H3/t14-/m1/s1. The van der Waals surface area contributed by atoms with Crippen LogP contribution in [0.4, 0.5) is 11.5 Å². The predicted octanol–water partition coefficient (Wildman–Crippen LogP) is 1.54. The molecule has 25 heavy (non-hydrogen) atoms. The Balaban J connectivity index is 1.83. The lowest BCUT2D eigenvalue weighted by Gasteiger charge is -2.24. The number of rotatable bonds is 4. The average molecular weight is 349 g/mol. The van der Waals surface area contributed by atoms with Crippen molar-refractivity contribution >= 4 is 49.7 Å². The maximum absolute atomic E-state index is 13.2. The molecule has 2 heterocycles. The summed E-state index contributed by atoms with van der Waals surface area (Å²) in [4.78, 5) is 19.4. The molecule has 0 unspecified atom stereocenters. The van der Waals surface area contributed by atoms with E-state index in [1.165, 1.54) is 12.8 Å². The van der Waals surface area contributed by atoms with Crippen molar-refractivity contribution in [3.05, 3.63) is 39.4 Å². The third-order valence-corrected chi connectivity index (χ3v) is 5.38. The monoisotopic (exact) mass is 349 g/mol. The third kappa shape index (κ3) is 2.91. The van der Waals surface area contributed by atoms with Crippen molar-refractivity contribution in [3.8, 4) is 0 Å². The summed E-state index contributed by atoms with van der Waals surface area (Å²) in [5.41, 5.74) is 2.96. The number of aromatic nitrogens is 2. The maximum atomic E-state index is 13.2.